The molecular weight excluding hydrogens is 263 g/mol. The van der Waals surface area contributed by atoms with E-state index in [2.05, 4.69) is 48.3 Å². The lowest BCUT2D eigenvalue weighted by atomic mass is 9.84. The monoisotopic (exact) mass is 290 g/mol. The Morgan fingerprint density at radius 3 is 2.67 bits per heavy atom. The molecule has 1 aliphatic rings. The second-order valence-corrected chi connectivity index (χ2v) is 7.30. The third-order valence-electron chi connectivity index (χ3n) is 3.95. The van der Waals surface area contributed by atoms with Crippen LogP contribution < -0.4 is 16.1 Å². The first-order valence-corrected chi connectivity index (χ1v) is 7.81. The molecule has 0 aliphatic heterocycles. The first-order valence-electron chi connectivity index (χ1n) is 7.81. The Labute approximate surface area is 128 Å². The van der Waals surface area contributed by atoms with Crippen LogP contribution >= 0.6 is 0 Å². The molecular formula is C15H27BN4O. The molecule has 0 unspecified atom stereocenters. The fourth-order valence-corrected chi connectivity index (χ4v) is 2.61. The highest BCUT2D eigenvalue weighted by Crippen LogP contribution is 2.26. The van der Waals surface area contributed by atoms with Crippen molar-refractivity contribution in [2.75, 3.05) is 10.6 Å². The number of anilines is 2. The summed E-state index contributed by atoms with van der Waals surface area (Å²) in [5.74, 6) is 1.90. The van der Waals surface area contributed by atoms with Gasteiger partial charge in [-0.15, -0.1) is 0 Å². The molecule has 1 heterocycles. The molecule has 0 radical (unpaired) electrons. The maximum atomic E-state index is 10.0. The molecule has 2 rings (SSSR count). The van der Waals surface area contributed by atoms with Gasteiger partial charge in [0.1, 0.15) is 13.7 Å². The molecule has 1 fully saturated rings. The number of aliphatic hydroxyl groups excluding tert-OH is 1. The summed E-state index contributed by atoms with van der Waals surface area (Å²) in [6, 6.07) is 0.285. The van der Waals surface area contributed by atoms with Crippen LogP contribution in [-0.2, 0) is 0 Å². The molecule has 0 spiro atoms. The van der Waals surface area contributed by atoms with Gasteiger partial charge in [0, 0.05) is 17.8 Å². The van der Waals surface area contributed by atoms with E-state index in [0.29, 0.717) is 11.9 Å². The van der Waals surface area contributed by atoms with E-state index in [-0.39, 0.29) is 17.7 Å². The Bertz CT molecular complexity index is 489. The Kier molecular flexibility index (Phi) is 4.76. The van der Waals surface area contributed by atoms with E-state index < -0.39 is 0 Å². The maximum Gasteiger partial charge on any atom is 0.224 e. The van der Waals surface area contributed by atoms with Crippen molar-refractivity contribution in [3.05, 3.63) is 6.20 Å². The van der Waals surface area contributed by atoms with Gasteiger partial charge in [-0.3, -0.25) is 0 Å². The van der Waals surface area contributed by atoms with Crippen LogP contribution in [0.5, 0.6) is 0 Å². The van der Waals surface area contributed by atoms with Crippen LogP contribution in [0.4, 0.5) is 11.8 Å². The number of aliphatic hydroxyl groups is 1. The van der Waals surface area contributed by atoms with E-state index >= 15 is 0 Å². The second kappa shape index (κ2) is 6.22. The standard InChI is InChI=1S/C15H27BN4O/c1-9-5-6-10(7-12(9)21)18-13-11(16)8-17-14(19-13)20-15(2,3)4/h8-10,12,21H,5-7,16H2,1-4H3,(H2,17,18,19,20)/t9-,10-,12-/m1/s1. The van der Waals surface area contributed by atoms with Gasteiger partial charge in [-0.05, 0) is 51.4 Å². The quantitative estimate of drug-likeness (QED) is 0.722. The van der Waals surface area contributed by atoms with Crippen LogP contribution in [0.25, 0.3) is 0 Å². The van der Waals surface area contributed by atoms with Crippen molar-refractivity contribution in [2.24, 2.45) is 5.92 Å². The smallest absolute Gasteiger partial charge is 0.224 e. The van der Waals surface area contributed by atoms with Crippen molar-refractivity contribution in [3.8, 4) is 0 Å². The molecule has 0 amide bonds. The van der Waals surface area contributed by atoms with Gasteiger partial charge in [0.2, 0.25) is 5.95 Å². The summed E-state index contributed by atoms with van der Waals surface area (Å²) in [5, 5.41) is 16.8. The Balaban J connectivity index is 2.07. The number of nitrogens with zero attached hydrogens (tertiary/aromatic N) is 2. The molecule has 0 saturated heterocycles. The number of aromatic nitrogens is 2. The molecule has 3 atom stereocenters. The third kappa shape index (κ3) is 4.59. The summed E-state index contributed by atoms with van der Waals surface area (Å²) in [7, 11) is 2.01. The van der Waals surface area contributed by atoms with Gasteiger partial charge in [-0.2, -0.15) is 4.98 Å². The van der Waals surface area contributed by atoms with E-state index in [1.807, 2.05) is 14.0 Å². The highest BCUT2D eigenvalue weighted by Gasteiger charge is 2.26. The van der Waals surface area contributed by atoms with Crippen molar-refractivity contribution in [3.63, 3.8) is 0 Å². The average Bonchev–Trinajstić information content (AvgIpc) is 2.36. The highest BCUT2D eigenvalue weighted by atomic mass is 16.3. The van der Waals surface area contributed by atoms with Gasteiger partial charge in [0.15, 0.2) is 0 Å². The van der Waals surface area contributed by atoms with E-state index in [9.17, 15) is 5.11 Å². The van der Waals surface area contributed by atoms with Crippen molar-refractivity contribution in [1.29, 1.82) is 0 Å². The molecule has 116 valence electrons. The fourth-order valence-electron chi connectivity index (χ4n) is 2.61. The molecule has 1 saturated carbocycles. The predicted molar refractivity (Wildman–Crippen MR) is 90.0 cm³/mol. The highest BCUT2D eigenvalue weighted by molar-refractivity contribution is 6.35. The zero-order valence-electron chi connectivity index (χ0n) is 13.8. The molecule has 0 aromatic carbocycles. The van der Waals surface area contributed by atoms with Crippen LogP contribution in [0.1, 0.15) is 47.0 Å². The molecule has 21 heavy (non-hydrogen) atoms. The summed E-state index contributed by atoms with van der Waals surface area (Å²) in [4.78, 5) is 8.91. The zero-order chi connectivity index (χ0) is 15.6. The van der Waals surface area contributed by atoms with E-state index in [4.69, 9.17) is 0 Å². The maximum absolute atomic E-state index is 10.0. The van der Waals surface area contributed by atoms with Gasteiger partial charge in [0.25, 0.3) is 0 Å². The number of nitrogens with one attached hydrogen (secondary N) is 2. The van der Waals surface area contributed by atoms with Gasteiger partial charge in [-0.1, -0.05) is 6.92 Å². The Morgan fingerprint density at radius 2 is 2.05 bits per heavy atom. The number of rotatable bonds is 3. The summed E-state index contributed by atoms with van der Waals surface area (Å²) < 4.78 is 0. The van der Waals surface area contributed by atoms with Crippen molar-refractivity contribution in [2.45, 2.75) is 64.6 Å². The molecule has 3 N–H and O–H groups in total. The number of hydrogen-bond donors (Lipinski definition) is 3. The van der Waals surface area contributed by atoms with Crippen LogP contribution in [-0.4, -0.2) is 40.6 Å². The van der Waals surface area contributed by atoms with Gasteiger partial charge < -0.3 is 15.7 Å². The predicted octanol–water partition coefficient (Wildman–Crippen LogP) is 0.907. The lowest BCUT2D eigenvalue weighted by Gasteiger charge is -2.32. The van der Waals surface area contributed by atoms with Crippen LogP contribution in [0.3, 0.4) is 0 Å². The van der Waals surface area contributed by atoms with Crippen molar-refractivity contribution in [1.82, 2.24) is 9.97 Å². The Hall–Kier alpha value is -1.30. The average molecular weight is 290 g/mol. The van der Waals surface area contributed by atoms with E-state index in [0.717, 1.165) is 30.5 Å². The normalized spacial score (nSPS) is 26.4. The lowest BCUT2D eigenvalue weighted by molar-refractivity contribution is 0.0739. The number of hydrogen-bond acceptors (Lipinski definition) is 5. The minimum atomic E-state index is -0.217. The van der Waals surface area contributed by atoms with E-state index in [1.165, 1.54) is 0 Å². The summed E-state index contributed by atoms with van der Waals surface area (Å²) >= 11 is 0. The second-order valence-electron chi connectivity index (χ2n) is 7.30. The van der Waals surface area contributed by atoms with Crippen LogP contribution in [0.15, 0.2) is 6.20 Å². The van der Waals surface area contributed by atoms with E-state index in [1.54, 1.807) is 0 Å². The molecule has 0 bridgehead atoms. The minimum Gasteiger partial charge on any atom is -0.393 e. The molecule has 5 nitrogen and oxygen atoms in total. The SMILES string of the molecule is Bc1cnc(NC(C)(C)C)nc1N[C@@H]1CC[C@@H](C)[C@H](O)C1. The lowest BCUT2D eigenvalue weighted by Crippen LogP contribution is -2.36. The van der Waals surface area contributed by atoms with Gasteiger partial charge in [0.05, 0.1) is 6.10 Å². The molecule has 1 aliphatic carbocycles. The largest absolute Gasteiger partial charge is 0.393 e. The summed E-state index contributed by atoms with van der Waals surface area (Å²) in [6.07, 6.45) is 4.53. The molecule has 6 heteroatoms. The molecule has 1 aromatic rings. The first kappa shape index (κ1) is 16.1. The zero-order valence-corrected chi connectivity index (χ0v) is 13.8. The third-order valence-corrected chi connectivity index (χ3v) is 3.95. The Morgan fingerprint density at radius 1 is 1.33 bits per heavy atom. The van der Waals surface area contributed by atoms with Crippen LogP contribution in [0, 0.1) is 5.92 Å². The molecule has 1 aromatic heterocycles. The fraction of sp³-hybridized carbons (Fsp3) is 0.733. The summed E-state index contributed by atoms with van der Waals surface area (Å²) in [6.45, 7) is 8.37. The van der Waals surface area contributed by atoms with Gasteiger partial charge >= 0.3 is 0 Å². The van der Waals surface area contributed by atoms with Gasteiger partial charge in [-0.25, -0.2) is 4.98 Å². The van der Waals surface area contributed by atoms with Crippen molar-refractivity contribution >= 4 is 25.1 Å². The van der Waals surface area contributed by atoms with Crippen molar-refractivity contribution < 1.29 is 5.11 Å². The van der Waals surface area contributed by atoms with Crippen LogP contribution in [0.2, 0.25) is 0 Å². The minimum absolute atomic E-state index is 0.0665. The summed E-state index contributed by atoms with van der Waals surface area (Å²) in [5.41, 5.74) is 0.964. The topological polar surface area (TPSA) is 70.1 Å². The first-order chi connectivity index (χ1) is 9.74.